The van der Waals surface area contributed by atoms with E-state index < -0.39 is 0 Å². The minimum Gasteiger partial charge on any atom is -0.355 e. The van der Waals surface area contributed by atoms with Crippen molar-refractivity contribution in [3.05, 3.63) is 82.6 Å². The fraction of sp³-hybridized carbons (Fsp3) is 0.0435. The minimum absolute atomic E-state index is 0.618. The number of hydrogen-bond acceptors (Lipinski definition) is 5. The van der Waals surface area contributed by atoms with Crippen molar-refractivity contribution in [3.8, 4) is 22.6 Å². The average molecular weight is 408 g/mol. The van der Waals surface area contributed by atoms with Crippen molar-refractivity contribution in [2.75, 3.05) is 0 Å². The number of fused-ring (bicyclic) bond motifs is 2. The molecule has 2 N–H and O–H groups in total. The zero-order valence-electron chi connectivity index (χ0n) is 15.8. The van der Waals surface area contributed by atoms with Crippen LogP contribution in [0.2, 0.25) is 0 Å². The predicted octanol–water partition coefficient (Wildman–Crippen LogP) is 5.09. The van der Waals surface area contributed by atoms with Gasteiger partial charge >= 0.3 is 0 Å². The Hall–Kier alpha value is -3.84. The zero-order chi connectivity index (χ0) is 19.9. The van der Waals surface area contributed by atoms with E-state index in [0.717, 1.165) is 39.2 Å². The van der Waals surface area contributed by atoms with Gasteiger partial charge in [-0.25, -0.2) is 0 Å². The van der Waals surface area contributed by atoms with Crippen LogP contribution in [0.3, 0.4) is 0 Å². The van der Waals surface area contributed by atoms with Crippen LogP contribution in [0.15, 0.2) is 71.4 Å². The lowest BCUT2D eigenvalue weighted by atomic mass is 10.0. The molecular weight excluding hydrogens is 392 g/mol. The molecule has 0 spiro atoms. The molecule has 1 aliphatic rings. The van der Waals surface area contributed by atoms with Crippen LogP contribution in [-0.2, 0) is 6.54 Å². The van der Waals surface area contributed by atoms with Gasteiger partial charge < -0.3 is 4.98 Å². The van der Waals surface area contributed by atoms with Gasteiger partial charge in [-0.05, 0) is 41.8 Å². The third-order valence-corrected chi connectivity index (χ3v) is 6.15. The molecule has 5 aromatic heterocycles. The summed E-state index contributed by atoms with van der Waals surface area (Å²) in [6.07, 6.45) is 9.36. The molecule has 0 amide bonds. The number of nitrogens with one attached hydrogen (secondary N) is 2. The van der Waals surface area contributed by atoms with E-state index in [9.17, 15) is 0 Å². The largest absolute Gasteiger partial charge is 0.355 e. The second-order valence-electron chi connectivity index (χ2n) is 7.05. The number of H-pyrrole nitrogens is 2. The number of aliphatic imine (C=N–C) groups is 1. The van der Waals surface area contributed by atoms with Gasteiger partial charge in [0.05, 0.1) is 29.6 Å². The highest BCUT2D eigenvalue weighted by atomic mass is 32.1. The third kappa shape index (κ3) is 2.79. The van der Waals surface area contributed by atoms with Crippen molar-refractivity contribution >= 4 is 34.0 Å². The van der Waals surface area contributed by atoms with Gasteiger partial charge in [0, 0.05) is 51.3 Å². The van der Waals surface area contributed by atoms with Gasteiger partial charge in [-0.15, -0.1) is 11.3 Å². The highest BCUT2D eigenvalue weighted by molar-refractivity contribution is 7.11. The van der Waals surface area contributed by atoms with Gasteiger partial charge in [0.15, 0.2) is 0 Å². The summed E-state index contributed by atoms with van der Waals surface area (Å²) >= 11 is 1.73. The lowest BCUT2D eigenvalue weighted by Crippen LogP contribution is -1.88. The van der Waals surface area contributed by atoms with Gasteiger partial charge in [0.25, 0.3) is 0 Å². The molecular formula is C23H16N6S. The SMILES string of the molecule is C1=NCc2[nH]c(-c3n[nH]c4cnc(-c5ccncc5)cc34)cc2C(c2cccs2)=C1. The van der Waals surface area contributed by atoms with Crippen LogP contribution in [0.4, 0.5) is 0 Å². The number of aromatic amines is 2. The van der Waals surface area contributed by atoms with E-state index in [1.807, 2.05) is 24.5 Å². The van der Waals surface area contributed by atoms with Gasteiger partial charge in [-0.2, -0.15) is 5.10 Å². The summed E-state index contributed by atoms with van der Waals surface area (Å²) in [5.74, 6) is 0. The Morgan fingerprint density at radius 2 is 2.00 bits per heavy atom. The van der Waals surface area contributed by atoms with E-state index in [2.05, 4.69) is 65.9 Å². The van der Waals surface area contributed by atoms with Crippen LogP contribution in [-0.4, -0.2) is 31.4 Å². The van der Waals surface area contributed by atoms with E-state index in [0.29, 0.717) is 6.54 Å². The molecule has 0 atom stereocenters. The fourth-order valence-corrected chi connectivity index (χ4v) is 4.57. The predicted molar refractivity (Wildman–Crippen MR) is 121 cm³/mol. The second kappa shape index (κ2) is 6.89. The zero-order valence-corrected chi connectivity index (χ0v) is 16.6. The Kier molecular flexibility index (Phi) is 3.92. The summed E-state index contributed by atoms with van der Waals surface area (Å²) in [7, 11) is 0. The summed E-state index contributed by atoms with van der Waals surface area (Å²) in [6, 6.07) is 12.4. The summed E-state index contributed by atoms with van der Waals surface area (Å²) in [5, 5.41) is 10.8. The normalized spacial score (nSPS) is 13.3. The molecule has 6 nitrogen and oxygen atoms in total. The number of thiophene rings is 1. The topological polar surface area (TPSA) is 82.6 Å². The molecule has 5 aromatic rings. The maximum absolute atomic E-state index is 4.59. The molecule has 6 rings (SSSR count). The lowest BCUT2D eigenvalue weighted by molar-refractivity contribution is 1.01. The first-order valence-corrected chi connectivity index (χ1v) is 10.5. The Bertz CT molecular complexity index is 1410. The average Bonchev–Trinajstić information content (AvgIpc) is 3.52. The Morgan fingerprint density at radius 3 is 2.87 bits per heavy atom. The van der Waals surface area contributed by atoms with Crippen LogP contribution >= 0.6 is 11.3 Å². The maximum atomic E-state index is 4.59. The van der Waals surface area contributed by atoms with E-state index >= 15 is 0 Å². The molecule has 0 unspecified atom stereocenters. The third-order valence-electron chi connectivity index (χ3n) is 5.25. The first-order chi connectivity index (χ1) is 14.9. The summed E-state index contributed by atoms with van der Waals surface area (Å²) in [5.41, 5.74) is 8.12. The van der Waals surface area contributed by atoms with E-state index in [1.54, 1.807) is 23.7 Å². The molecule has 0 aliphatic carbocycles. The van der Waals surface area contributed by atoms with Crippen LogP contribution in [0.25, 0.3) is 39.1 Å². The van der Waals surface area contributed by atoms with Crippen LogP contribution in [0.1, 0.15) is 16.1 Å². The minimum atomic E-state index is 0.618. The number of allylic oxidation sites excluding steroid dienone is 1. The number of hydrogen-bond donors (Lipinski definition) is 2. The standard InChI is InChI=1S/C23H16N6S/c1-2-22(30-9-1)15-5-8-25-12-20-16(15)10-19(27-20)23-17-11-18(14-3-6-24-7-4-14)26-13-21(17)28-29-23/h1-11,13,27H,12H2,(H,28,29). The first kappa shape index (κ1) is 17.1. The first-order valence-electron chi connectivity index (χ1n) is 9.58. The molecule has 0 radical (unpaired) electrons. The van der Waals surface area contributed by atoms with Crippen molar-refractivity contribution in [2.24, 2.45) is 4.99 Å². The van der Waals surface area contributed by atoms with Crippen molar-refractivity contribution in [1.29, 1.82) is 0 Å². The van der Waals surface area contributed by atoms with Gasteiger partial charge in [-0.3, -0.25) is 20.1 Å². The molecule has 0 aromatic carbocycles. The summed E-state index contributed by atoms with van der Waals surface area (Å²) in [4.78, 5) is 18.0. The van der Waals surface area contributed by atoms with Crippen molar-refractivity contribution in [3.63, 3.8) is 0 Å². The second-order valence-corrected chi connectivity index (χ2v) is 7.99. The maximum Gasteiger partial charge on any atom is 0.116 e. The molecule has 144 valence electrons. The smallest absolute Gasteiger partial charge is 0.116 e. The molecule has 0 saturated carbocycles. The van der Waals surface area contributed by atoms with Gasteiger partial charge in [-0.1, -0.05) is 6.07 Å². The van der Waals surface area contributed by atoms with Gasteiger partial charge in [0.1, 0.15) is 5.69 Å². The number of nitrogens with zero attached hydrogens (tertiary/aromatic N) is 4. The summed E-state index contributed by atoms with van der Waals surface area (Å²) in [6.45, 7) is 0.618. The number of rotatable bonds is 3. The van der Waals surface area contributed by atoms with Gasteiger partial charge in [0.2, 0.25) is 0 Å². The Balaban J connectivity index is 1.48. The van der Waals surface area contributed by atoms with Crippen LogP contribution < -0.4 is 0 Å². The van der Waals surface area contributed by atoms with Crippen LogP contribution in [0, 0.1) is 0 Å². The van der Waals surface area contributed by atoms with Crippen LogP contribution in [0.5, 0.6) is 0 Å². The fourth-order valence-electron chi connectivity index (χ4n) is 3.80. The van der Waals surface area contributed by atoms with E-state index in [4.69, 9.17) is 0 Å². The Labute approximate surface area is 176 Å². The molecule has 0 saturated heterocycles. The quantitative estimate of drug-likeness (QED) is 0.436. The molecule has 6 heterocycles. The number of pyridine rings is 2. The van der Waals surface area contributed by atoms with E-state index in [-0.39, 0.29) is 0 Å². The van der Waals surface area contributed by atoms with E-state index in [1.165, 1.54) is 16.0 Å². The van der Waals surface area contributed by atoms with Crippen molar-refractivity contribution in [2.45, 2.75) is 6.54 Å². The highest BCUT2D eigenvalue weighted by Crippen LogP contribution is 2.35. The molecule has 0 bridgehead atoms. The monoisotopic (exact) mass is 408 g/mol. The highest BCUT2D eigenvalue weighted by Gasteiger charge is 2.19. The van der Waals surface area contributed by atoms with Crippen molar-refractivity contribution < 1.29 is 0 Å². The number of aromatic nitrogens is 5. The molecule has 7 heteroatoms. The van der Waals surface area contributed by atoms with Crippen molar-refractivity contribution in [1.82, 2.24) is 25.1 Å². The molecule has 30 heavy (non-hydrogen) atoms. The Morgan fingerprint density at radius 1 is 1.07 bits per heavy atom. The summed E-state index contributed by atoms with van der Waals surface area (Å²) < 4.78 is 0. The molecule has 1 aliphatic heterocycles. The molecule has 0 fully saturated rings. The lowest BCUT2D eigenvalue weighted by Gasteiger charge is -2.02.